The third-order valence-corrected chi connectivity index (χ3v) is 3.43. The van der Waals surface area contributed by atoms with Gasteiger partial charge in [0.05, 0.1) is 9.80 Å². The SMILES string of the molecule is O=C(O)c1ccc(C(=O)Nc2cccc([N+](=O)[O-])c2)s1. The summed E-state index contributed by atoms with van der Waals surface area (Å²) in [4.78, 5) is 32.9. The number of aromatic carboxylic acids is 1. The van der Waals surface area contributed by atoms with Crippen LogP contribution in [0.4, 0.5) is 11.4 Å². The highest BCUT2D eigenvalue weighted by molar-refractivity contribution is 7.15. The van der Waals surface area contributed by atoms with Gasteiger partial charge in [0, 0.05) is 17.8 Å². The Bertz CT molecular complexity index is 695. The first-order chi connectivity index (χ1) is 9.47. The number of carboxylic acids is 1. The summed E-state index contributed by atoms with van der Waals surface area (Å²) in [6.45, 7) is 0. The van der Waals surface area contributed by atoms with Crippen molar-refractivity contribution in [3.8, 4) is 0 Å². The minimum absolute atomic E-state index is 0.0502. The van der Waals surface area contributed by atoms with E-state index in [-0.39, 0.29) is 21.1 Å². The fourth-order valence-corrected chi connectivity index (χ4v) is 2.20. The molecule has 0 radical (unpaired) electrons. The number of non-ortho nitro benzene ring substituents is 1. The summed E-state index contributed by atoms with van der Waals surface area (Å²) < 4.78 is 0. The Morgan fingerprint density at radius 3 is 2.50 bits per heavy atom. The molecule has 1 aromatic carbocycles. The average Bonchev–Trinajstić information content (AvgIpc) is 2.88. The van der Waals surface area contributed by atoms with Crippen LogP contribution in [-0.4, -0.2) is 21.9 Å². The Balaban J connectivity index is 2.16. The van der Waals surface area contributed by atoms with Crippen molar-refractivity contribution in [3.05, 3.63) is 56.3 Å². The topological polar surface area (TPSA) is 110 Å². The Kier molecular flexibility index (Phi) is 3.76. The highest BCUT2D eigenvalue weighted by Gasteiger charge is 2.14. The van der Waals surface area contributed by atoms with Crippen LogP contribution in [0, 0.1) is 10.1 Å². The molecule has 8 heteroatoms. The first-order valence-electron chi connectivity index (χ1n) is 5.36. The van der Waals surface area contributed by atoms with Crippen LogP contribution in [0.25, 0.3) is 0 Å². The maximum absolute atomic E-state index is 11.9. The summed E-state index contributed by atoms with van der Waals surface area (Å²) in [6.07, 6.45) is 0. The minimum Gasteiger partial charge on any atom is -0.477 e. The molecule has 0 spiro atoms. The van der Waals surface area contributed by atoms with E-state index in [4.69, 9.17) is 5.11 Å². The number of nitrogens with one attached hydrogen (secondary N) is 1. The molecule has 0 aliphatic rings. The fourth-order valence-electron chi connectivity index (χ4n) is 1.46. The van der Waals surface area contributed by atoms with E-state index in [0.717, 1.165) is 11.3 Å². The monoisotopic (exact) mass is 292 g/mol. The molecule has 7 nitrogen and oxygen atoms in total. The summed E-state index contributed by atoms with van der Waals surface area (Å²) in [6, 6.07) is 8.21. The highest BCUT2D eigenvalue weighted by atomic mass is 32.1. The minimum atomic E-state index is -1.11. The Hall–Kier alpha value is -2.74. The number of amides is 1. The van der Waals surface area contributed by atoms with Crippen LogP contribution in [-0.2, 0) is 0 Å². The van der Waals surface area contributed by atoms with Gasteiger partial charge in [0.1, 0.15) is 4.88 Å². The molecule has 1 aromatic heterocycles. The zero-order valence-electron chi connectivity index (χ0n) is 9.90. The van der Waals surface area contributed by atoms with Crippen LogP contribution in [0.1, 0.15) is 19.3 Å². The fraction of sp³-hybridized carbons (Fsp3) is 0. The van der Waals surface area contributed by atoms with Crippen LogP contribution in [0.15, 0.2) is 36.4 Å². The van der Waals surface area contributed by atoms with Crippen molar-refractivity contribution in [2.75, 3.05) is 5.32 Å². The van der Waals surface area contributed by atoms with Crippen molar-refractivity contribution in [2.45, 2.75) is 0 Å². The third kappa shape index (κ3) is 2.98. The van der Waals surface area contributed by atoms with E-state index in [9.17, 15) is 19.7 Å². The van der Waals surface area contributed by atoms with E-state index < -0.39 is 16.8 Å². The van der Waals surface area contributed by atoms with E-state index in [1.54, 1.807) is 0 Å². The summed E-state index contributed by atoms with van der Waals surface area (Å²) in [7, 11) is 0. The Labute approximate surface area is 116 Å². The number of anilines is 1. The van der Waals surface area contributed by atoms with Crippen molar-refractivity contribution in [3.63, 3.8) is 0 Å². The van der Waals surface area contributed by atoms with Crippen molar-refractivity contribution >= 4 is 34.6 Å². The molecule has 20 heavy (non-hydrogen) atoms. The van der Waals surface area contributed by atoms with Crippen molar-refractivity contribution in [1.29, 1.82) is 0 Å². The van der Waals surface area contributed by atoms with Crippen LogP contribution in [0.2, 0.25) is 0 Å². The lowest BCUT2D eigenvalue weighted by Gasteiger charge is -2.02. The van der Waals surface area contributed by atoms with Gasteiger partial charge in [-0.2, -0.15) is 0 Å². The Morgan fingerprint density at radius 1 is 1.20 bits per heavy atom. The van der Waals surface area contributed by atoms with E-state index in [0.29, 0.717) is 0 Å². The van der Waals surface area contributed by atoms with Crippen LogP contribution in [0.3, 0.4) is 0 Å². The second-order valence-electron chi connectivity index (χ2n) is 3.73. The Morgan fingerprint density at radius 2 is 1.90 bits per heavy atom. The van der Waals surface area contributed by atoms with Crippen LogP contribution in [0.5, 0.6) is 0 Å². The van der Waals surface area contributed by atoms with Crippen molar-refractivity contribution in [2.24, 2.45) is 0 Å². The highest BCUT2D eigenvalue weighted by Crippen LogP contribution is 2.20. The molecule has 0 aliphatic heterocycles. The van der Waals surface area contributed by atoms with Gasteiger partial charge in [-0.1, -0.05) is 6.07 Å². The molecule has 2 rings (SSSR count). The van der Waals surface area contributed by atoms with E-state index >= 15 is 0 Å². The number of nitrogens with zero attached hydrogens (tertiary/aromatic N) is 1. The molecule has 0 saturated carbocycles. The van der Waals surface area contributed by atoms with E-state index in [1.165, 1.54) is 36.4 Å². The molecule has 1 amide bonds. The maximum Gasteiger partial charge on any atom is 0.345 e. The van der Waals surface area contributed by atoms with E-state index in [1.807, 2.05) is 0 Å². The smallest absolute Gasteiger partial charge is 0.345 e. The lowest BCUT2D eigenvalue weighted by atomic mass is 10.3. The van der Waals surface area contributed by atoms with Gasteiger partial charge < -0.3 is 10.4 Å². The molecule has 0 saturated heterocycles. The van der Waals surface area contributed by atoms with Gasteiger partial charge in [-0.15, -0.1) is 11.3 Å². The van der Waals surface area contributed by atoms with Crippen molar-refractivity contribution in [1.82, 2.24) is 0 Å². The van der Waals surface area contributed by atoms with Gasteiger partial charge in [-0.25, -0.2) is 4.79 Å². The number of carboxylic acid groups (broad SMARTS) is 1. The number of thiophene rings is 1. The normalized spacial score (nSPS) is 10.0. The second-order valence-corrected chi connectivity index (χ2v) is 4.81. The molecule has 0 atom stereocenters. The maximum atomic E-state index is 11.9. The van der Waals surface area contributed by atoms with Crippen LogP contribution < -0.4 is 5.32 Å². The quantitative estimate of drug-likeness (QED) is 0.665. The van der Waals surface area contributed by atoms with Gasteiger partial charge in [-0.05, 0) is 18.2 Å². The van der Waals surface area contributed by atoms with Gasteiger partial charge >= 0.3 is 5.97 Å². The molecule has 0 aliphatic carbocycles. The predicted octanol–water partition coefficient (Wildman–Crippen LogP) is 2.61. The lowest BCUT2D eigenvalue weighted by molar-refractivity contribution is -0.384. The molecule has 0 fully saturated rings. The summed E-state index contributed by atoms with van der Waals surface area (Å²) in [5.41, 5.74) is 0.134. The molecule has 102 valence electrons. The van der Waals surface area contributed by atoms with E-state index in [2.05, 4.69) is 5.32 Å². The molecular weight excluding hydrogens is 284 g/mol. The van der Waals surface area contributed by atoms with Gasteiger partial charge in [0.15, 0.2) is 0 Å². The van der Waals surface area contributed by atoms with Crippen molar-refractivity contribution < 1.29 is 19.6 Å². The molecule has 2 aromatic rings. The van der Waals surface area contributed by atoms with Gasteiger partial charge in [-0.3, -0.25) is 14.9 Å². The third-order valence-electron chi connectivity index (χ3n) is 2.36. The zero-order valence-corrected chi connectivity index (χ0v) is 10.7. The average molecular weight is 292 g/mol. The van der Waals surface area contributed by atoms with Crippen LogP contribution >= 0.6 is 11.3 Å². The number of nitro benzene ring substituents is 1. The summed E-state index contributed by atoms with van der Waals surface area (Å²) >= 11 is 0.833. The predicted molar refractivity (Wildman–Crippen MR) is 72.3 cm³/mol. The number of carbonyl (C=O) groups excluding carboxylic acids is 1. The molecular formula is C12H8N2O5S. The standard InChI is InChI=1S/C12H8N2O5S/c15-11(9-4-5-10(20-9)12(16)17)13-7-2-1-3-8(6-7)14(18)19/h1-6H,(H,13,15)(H,16,17). The largest absolute Gasteiger partial charge is 0.477 e. The molecule has 2 N–H and O–H groups in total. The van der Waals surface area contributed by atoms with Gasteiger partial charge in [0.25, 0.3) is 11.6 Å². The number of hydrogen-bond acceptors (Lipinski definition) is 5. The lowest BCUT2D eigenvalue weighted by Crippen LogP contribution is -2.10. The second kappa shape index (κ2) is 5.49. The molecule has 0 bridgehead atoms. The first kappa shape index (κ1) is 13.7. The van der Waals surface area contributed by atoms with Gasteiger partial charge in [0.2, 0.25) is 0 Å². The molecule has 1 heterocycles. The molecule has 0 unspecified atom stereocenters. The number of benzene rings is 1. The number of hydrogen-bond donors (Lipinski definition) is 2. The number of carbonyl (C=O) groups is 2. The summed E-state index contributed by atoms with van der Waals surface area (Å²) in [5.74, 6) is -1.62. The summed E-state index contributed by atoms with van der Waals surface area (Å²) in [5, 5.41) is 21.9. The zero-order chi connectivity index (χ0) is 14.7. The first-order valence-corrected chi connectivity index (χ1v) is 6.18. The number of nitro groups is 1. The number of rotatable bonds is 4.